The number of nitrogens with zero attached hydrogens (tertiary/aromatic N) is 2. The average Bonchev–Trinajstić information content (AvgIpc) is 1.77. The second kappa shape index (κ2) is 1.78. The third kappa shape index (κ3) is 0.753. The maximum atomic E-state index is 10.5. The molecule has 1 heterocycles. The Morgan fingerprint density at radius 2 is 2.50 bits per heavy atom. The van der Waals surface area contributed by atoms with Crippen molar-refractivity contribution in [3.8, 4) is 0 Å². The lowest BCUT2D eigenvalue weighted by Gasteiger charge is -1.87. The van der Waals surface area contributed by atoms with E-state index in [9.17, 15) is 4.79 Å². The van der Waals surface area contributed by atoms with Crippen LogP contribution in [0.1, 0.15) is 0 Å². The molecule has 8 heavy (non-hydrogen) atoms. The van der Waals surface area contributed by atoms with E-state index in [4.69, 9.17) is 0 Å². The van der Waals surface area contributed by atoms with Crippen LogP contribution in [0.5, 0.6) is 0 Å². The van der Waals surface area contributed by atoms with Crippen LogP contribution >= 0.6 is 0 Å². The summed E-state index contributed by atoms with van der Waals surface area (Å²) < 4.78 is 1.28. The molecule has 0 unspecified atom stereocenters. The first-order valence-electron chi connectivity index (χ1n) is 2.29. The molecule has 0 spiro atoms. The van der Waals surface area contributed by atoms with Gasteiger partial charge < -0.3 is 0 Å². The van der Waals surface area contributed by atoms with Gasteiger partial charge in [-0.1, -0.05) is 0 Å². The van der Waals surface area contributed by atoms with Crippen molar-refractivity contribution < 1.29 is 0 Å². The molecule has 0 aliphatic carbocycles. The van der Waals surface area contributed by atoms with Gasteiger partial charge in [0.05, 0.1) is 0 Å². The predicted octanol–water partition coefficient (Wildman–Crippen LogP) is -0.220. The van der Waals surface area contributed by atoms with Crippen molar-refractivity contribution in [2.75, 3.05) is 0 Å². The maximum Gasteiger partial charge on any atom is 0.266 e. The molecule has 0 saturated heterocycles. The van der Waals surface area contributed by atoms with Crippen molar-refractivity contribution in [3.05, 3.63) is 28.7 Å². The Labute approximate surface area is 46.6 Å². The van der Waals surface area contributed by atoms with Gasteiger partial charge in [0.15, 0.2) is 0 Å². The zero-order chi connectivity index (χ0) is 5.98. The van der Waals surface area contributed by atoms with Gasteiger partial charge in [0.25, 0.3) is 5.56 Å². The molecule has 1 rings (SSSR count). The topological polar surface area (TPSA) is 34.9 Å². The molecule has 42 valence electrons. The lowest BCUT2D eigenvalue weighted by atomic mass is 10.6. The van der Waals surface area contributed by atoms with E-state index < -0.39 is 0 Å². The molecule has 1 aromatic rings. The van der Waals surface area contributed by atoms with Crippen LogP contribution < -0.4 is 5.56 Å². The van der Waals surface area contributed by atoms with Crippen molar-refractivity contribution >= 4 is 0 Å². The lowest BCUT2D eigenvalue weighted by molar-refractivity contribution is 0.707. The Hall–Kier alpha value is -1.12. The van der Waals surface area contributed by atoms with Gasteiger partial charge in [-0.05, 0) is 6.07 Å². The standard InChI is InChI=1S/C5H6N2O/c1-7-5(8)3-2-4-6-7/h2-4H,1H3. The molecule has 0 amide bonds. The van der Waals surface area contributed by atoms with Gasteiger partial charge in [0, 0.05) is 19.3 Å². The summed E-state index contributed by atoms with van der Waals surface area (Å²) in [7, 11) is 1.61. The van der Waals surface area contributed by atoms with E-state index in [-0.39, 0.29) is 5.56 Å². The van der Waals surface area contributed by atoms with Gasteiger partial charge in [-0.15, -0.1) is 0 Å². The van der Waals surface area contributed by atoms with E-state index in [1.165, 1.54) is 10.7 Å². The number of hydrogen-bond donors (Lipinski definition) is 0. The Bertz CT molecular complexity index is 228. The number of rotatable bonds is 0. The monoisotopic (exact) mass is 110 g/mol. The first-order chi connectivity index (χ1) is 3.80. The Kier molecular flexibility index (Phi) is 1.12. The lowest BCUT2D eigenvalue weighted by Crippen LogP contribution is -2.16. The zero-order valence-corrected chi connectivity index (χ0v) is 4.53. The minimum absolute atomic E-state index is 0.0764. The highest BCUT2D eigenvalue weighted by atomic mass is 16.1. The van der Waals surface area contributed by atoms with E-state index >= 15 is 0 Å². The van der Waals surface area contributed by atoms with Crippen molar-refractivity contribution in [3.63, 3.8) is 0 Å². The van der Waals surface area contributed by atoms with Crippen LogP contribution in [0, 0.1) is 0 Å². The maximum absolute atomic E-state index is 10.5. The van der Waals surface area contributed by atoms with Crippen molar-refractivity contribution in [2.45, 2.75) is 0 Å². The van der Waals surface area contributed by atoms with Crippen molar-refractivity contribution in [2.24, 2.45) is 7.05 Å². The largest absolute Gasteiger partial charge is 0.268 e. The molecule has 1 aromatic heterocycles. The molecule has 0 aliphatic rings. The molecular weight excluding hydrogens is 104 g/mol. The highest BCUT2D eigenvalue weighted by molar-refractivity contribution is 4.83. The normalized spacial score (nSPS) is 9.12. The van der Waals surface area contributed by atoms with Crippen LogP contribution in [0.2, 0.25) is 0 Å². The van der Waals surface area contributed by atoms with E-state index in [0.29, 0.717) is 0 Å². The van der Waals surface area contributed by atoms with E-state index in [0.717, 1.165) is 0 Å². The third-order valence-electron chi connectivity index (χ3n) is 0.884. The second-order valence-corrected chi connectivity index (χ2v) is 1.49. The quantitative estimate of drug-likeness (QED) is 0.462. The highest BCUT2D eigenvalue weighted by Gasteiger charge is 1.80. The van der Waals surface area contributed by atoms with Gasteiger partial charge in [-0.3, -0.25) is 4.79 Å². The fraction of sp³-hybridized carbons (Fsp3) is 0.200. The first kappa shape index (κ1) is 5.03. The Balaban J connectivity index is 3.35. The molecule has 0 aliphatic heterocycles. The molecule has 3 nitrogen and oxygen atoms in total. The fourth-order valence-electron chi connectivity index (χ4n) is 0.429. The number of hydrogen-bond acceptors (Lipinski definition) is 2. The van der Waals surface area contributed by atoms with Crippen LogP contribution in [0.4, 0.5) is 0 Å². The Morgan fingerprint density at radius 3 is 2.88 bits per heavy atom. The molecule has 0 saturated carbocycles. The average molecular weight is 110 g/mol. The first-order valence-corrected chi connectivity index (χ1v) is 2.29. The molecule has 0 fully saturated rings. The summed E-state index contributed by atoms with van der Waals surface area (Å²) in [5.41, 5.74) is -0.0764. The molecule has 0 aromatic carbocycles. The van der Waals surface area contributed by atoms with Gasteiger partial charge in [-0.2, -0.15) is 5.10 Å². The molecule has 0 atom stereocenters. The van der Waals surface area contributed by atoms with Gasteiger partial charge in [-0.25, -0.2) is 4.68 Å². The summed E-state index contributed by atoms with van der Waals surface area (Å²) in [6, 6.07) is 3.08. The van der Waals surface area contributed by atoms with Crippen molar-refractivity contribution in [1.82, 2.24) is 9.78 Å². The van der Waals surface area contributed by atoms with Crippen LogP contribution in [0.25, 0.3) is 0 Å². The van der Waals surface area contributed by atoms with E-state index in [1.54, 1.807) is 19.3 Å². The van der Waals surface area contributed by atoms with Crippen LogP contribution in [-0.2, 0) is 7.05 Å². The van der Waals surface area contributed by atoms with Gasteiger partial charge >= 0.3 is 0 Å². The number of aromatic nitrogens is 2. The summed E-state index contributed by atoms with van der Waals surface area (Å²) in [6.07, 6.45) is 1.57. The van der Waals surface area contributed by atoms with E-state index in [2.05, 4.69) is 5.10 Å². The molecular formula is C5H6N2O. The summed E-state index contributed by atoms with van der Waals surface area (Å²) in [4.78, 5) is 10.5. The summed E-state index contributed by atoms with van der Waals surface area (Å²) in [5.74, 6) is 0. The fourth-order valence-corrected chi connectivity index (χ4v) is 0.429. The summed E-state index contributed by atoms with van der Waals surface area (Å²) in [5, 5.41) is 3.68. The molecule has 0 bridgehead atoms. The number of aryl methyl sites for hydroxylation is 1. The molecule has 0 N–H and O–H groups in total. The molecule has 3 heteroatoms. The SMILES string of the molecule is Cn1ncccc1=O. The summed E-state index contributed by atoms with van der Waals surface area (Å²) in [6.45, 7) is 0. The zero-order valence-electron chi connectivity index (χ0n) is 4.53. The van der Waals surface area contributed by atoms with Gasteiger partial charge in [0.2, 0.25) is 0 Å². The highest BCUT2D eigenvalue weighted by Crippen LogP contribution is 1.66. The predicted molar refractivity (Wildman–Crippen MR) is 29.5 cm³/mol. The van der Waals surface area contributed by atoms with Crippen LogP contribution in [0.3, 0.4) is 0 Å². The Morgan fingerprint density at radius 1 is 1.75 bits per heavy atom. The van der Waals surface area contributed by atoms with E-state index in [1.807, 2.05) is 0 Å². The van der Waals surface area contributed by atoms with Crippen LogP contribution in [-0.4, -0.2) is 9.78 Å². The smallest absolute Gasteiger partial charge is 0.266 e. The molecule has 0 radical (unpaired) electrons. The van der Waals surface area contributed by atoms with Crippen molar-refractivity contribution in [1.29, 1.82) is 0 Å². The third-order valence-corrected chi connectivity index (χ3v) is 0.884. The van der Waals surface area contributed by atoms with Gasteiger partial charge in [0.1, 0.15) is 0 Å². The summed E-state index contributed by atoms with van der Waals surface area (Å²) >= 11 is 0. The second-order valence-electron chi connectivity index (χ2n) is 1.49. The minimum Gasteiger partial charge on any atom is -0.268 e. The van der Waals surface area contributed by atoms with Crippen LogP contribution in [0.15, 0.2) is 23.1 Å². The minimum atomic E-state index is -0.0764.